The van der Waals surface area contributed by atoms with Crippen molar-refractivity contribution in [2.75, 3.05) is 13.6 Å². The molecule has 0 aliphatic carbocycles. The Bertz CT molecular complexity index is 101. The molecule has 0 bridgehead atoms. The third kappa shape index (κ3) is 1.72. The molecular formula is C9H19N. The molecule has 0 amide bonds. The van der Waals surface area contributed by atoms with E-state index in [1.165, 1.54) is 25.8 Å². The summed E-state index contributed by atoms with van der Waals surface area (Å²) in [6.45, 7) is 5.97. The Labute approximate surface area is 64.4 Å². The van der Waals surface area contributed by atoms with Crippen LogP contribution in [0.25, 0.3) is 0 Å². The van der Waals surface area contributed by atoms with Crippen LogP contribution in [0, 0.1) is 5.92 Å². The van der Waals surface area contributed by atoms with Gasteiger partial charge in [-0.15, -0.1) is 0 Å². The molecule has 10 heavy (non-hydrogen) atoms. The van der Waals surface area contributed by atoms with Gasteiger partial charge in [0, 0.05) is 6.04 Å². The van der Waals surface area contributed by atoms with Gasteiger partial charge in [0.2, 0.25) is 0 Å². The quantitative estimate of drug-likeness (QED) is 0.540. The molecule has 0 spiro atoms. The summed E-state index contributed by atoms with van der Waals surface area (Å²) in [6.07, 6.45) is 4.13. The van der Waals surface area contributed by atoms with E-state index in [2.05, 4.69) is 25.8 Å². The van der Waals surface area contributed by atoms with Crippen LogP contribution in [-0.2, 0) is 0 Å². The van der Waals surface area contributed by atoms with E-state index in [1.54, 1.807) is 0 Å². The summed E-state index contributed by atoms with van der Waals surface area (Å²) in [5.74, 6) is 0.959. The Morgan fingerprint density at radius 2 is 2.20 bits per heavy atom. The summed E-state index contributed by atoms with van der Waals surface area (Å²) in [6, 6.07) is 0.865. The molecule has 1 saturated heterocycles. The van der Waals surface area contributed by atoms with Gasteiger partial charge < -0.3 is 4.90 Å². The minimum atomic E-state index is 0.865. The number of rotatable bonds is 1. The van der Waals surface area contributed by atoms with E-state index in [1.807, 2.05) is 0 Å². The SMILES string of the molecule is CC[C@@H]1CC(C)CCN1C. The first-order valence-electron chi connectivity index (χ1n) is 4.44. The van der Waals surface area contributed by atoms with Crippen molar-refractivity contribution in [3.05, 3.63) is 0 Å². The summed E-state index contributed by atoms with van der Waals surface area (Å²) in [4.78, 5) is 2.50. The summed E-state index contributed by atoms with van der Waals surface area (Å²) < 4.78 is 0. The van der Waals surface area contributed by atoms with Gasteiger partial charge in [-0.1, -0.05) is 13.8 Å². The predicted octanol–water partition coefficient (Wildman–Crippen LogP) is 2.13. The standard InChI is InChI=1S/C9H19N/c1-4-9-7-8(2)5-6-10(9)3/h8-9H,4-7H2,1-3H3/t8?,9-/m1/s1. The first-order valence-corrected chi connectivity index (χ1v) is 4.44. The molecule has 0 saturated carbocycles. The van der Waals surface area contributed by atoms with Crippen LogP contribution in [0.15, 0.2) is 0 Å². The van der Waals surface area contributed by atoms with Gasteiger partial charge in [0.05, 0.1) is 0 Å². The topological polar surface area (TPSA) is 3.24 Å². The number of hydrogen-bond donors (Lipinski definition) is 0. The van der Waals surface area contributed by atoms with Crippen LogP contribution in [0.3, 0.4) is 0 Å². The van der Waals surface area contributed by atoms with E-state index in [9.17, 15) is 0 Å². The summed E-state index contributed by atoms with van der Waals surface area (Å²) >= 11 is 0. The molecule has 1 nitrogen and oxygen atoms in total. The Balaban J connectivity index is 2.38. The third-order valence-electron chi connectivity index (χ3n) is 2.74. The van der Waals surface area contributed by atoms with Crippen molar-refractivity contribution >= 4 is 0 Å². The molecule has 1 heterocycles. The Morgan fingerprint density at radius 1 is 1.50 bits per heavy atom. The fourth-order valence-electron chi connectivity index (χ4n) is 1.85. The molecule has 1 heteroatoms. The highest BCUT2D eigenvalue weighted by molar-refractivity contribution is 4.76. The van der Waals surface area contributed by atoms with E-state index >= 15 is 0 Å². The van der Waals surface area contributed by atoms with Crippen LogP contribution in [-0.4, -0.2) is 24.5 Å². The average molecular weight is 141 g/mol. The number of hydrogen-bond acceptors (Lipinski definition) is 1. The molecule has 1 fully saturated rings. The molecule has 1 aliphatic rings. The zero-order chi connectivity index (χ0) is 7.56. The molecule has 1 unspecified atom stereocenters. The van der Waals surface area contributed by atoms with Crippen LogP contribution in [0.2, 0.25) is 0 Å². The number of likely N-dealkylation sites (tertiary alicyclic amines) is 1. The second-order valence-electron chi connectivity index (χ2n) is 3.67. The van der Waals surface area contributed by atoms with Gasteiger partial charge in [0.15, 0.2) is 0 Å². The highest BCUT2D eigenvalue weighted by Crippen LogP contribution is 2.22. The molecule has 0 radical (unpaired) electrons. The lowest BCUT2D eigenvalue weighted by Crippen LogP contribution is -2.38. The van der Waals surface area contributed by atoms with E-state index < -0.39 is 0 Å². The van der Waals surface area contributed by atoms with Gasteiger partial charge in [-0.05, 0) is 38.8 Å². The molecule has 1 aliphatic heterocycles. The summed E-state index contributed by atoms with van der Waals surface area (Å²) in [7, 11) is 2.25. The molecule has 1 rings (SSSR count). The molecule has 0 aromatic rings. The third-order valence-corrected chi connectivity index (χ3v) is 2.74. The zero-order valence-corrected chi connectivity index (χ0v) is 7.43. The van der Waals surface area contributed by atoms with Crippen molar-refractivity contribution < 1.29 is 0 Å². The predicted molar refractivity (Wildman–Crippen MR) is 45.1 cm³/mol. The lowest BCUT2D eigenvalue weighted by molar-refractivity contribution is 0.145. The maximum atomic E-state index is 2.50. The van der Waals surface area contributed by atoms with Crippen molar-refractivity contribution in [3.63, 3.8) is 0 Å². The largest absolute Gasteiger partial charge is 0.303 e. The molecule has 0 aromatic carbocycles. The van der Waals surface area contributed by atoms with Gasteiger partial charge in [0.1, 0.15) is 0 Å². The highest BCUT2D eigenvalue weighted by Gasteiger charge is 2.21. The van der Waals surface area contributed by atoms with Crippen molar-refractivity contribution in [1.82, 2.24) is 4.90 Å². The first-order chi connectivity index (χ1) is 4.74. The van der Waals surface area contributed by atoms with E-state index in [0.29, 0.717) is 0 Å². The van der Waals surface area contributed by atoms with E-state index in [4.69, 9.17) is 0 Å². The molecular weight excluding hydrogens is 122 g/mol. The van der Waals surface area contributed by atoms with Crippen LogP contribution in [0.5, 0.6) is 0 Å². The Morgan fingerprint density at radius 3 is 2.70 bits per heavy atom. The highest BCUT2D eigenvalue weighted by atomic mass is 15.1. The zero-order valence-electron chi connectivity index (χ0n) is 7.43. The second kappa shape index (κ2) is 3.38. The monoisotopic (exact) mass is 141 g/mol. The van der Waals surface area contributed by atoms with Gasteiger partial charge in [-0.25, -0.2) is 0 Å². The van der Waals surface area contributed by atoms with Gasteiger partial charge in [-0.3, -0.25) is 0 Å². The normalized spacial score (nSPS) is 36.3. The van der Waals surface area contributed by atoms with Crippen LogP contribution in [0.1, 0.15) is 33.1 Å². The minimum Gasteiger partial charge on any atom is -0.303 e. The number of nitrogens with zero attached hydrogens (tertiary/aromatic N) is 1. The fraction of sp³-hybridized carbons (Fsp3) is 1.00. The lowest BCUT2D eigenvalue weighted by atomic mass is 9.92. The molecule has 2 atom stereocenters. The lowest BCUT2D eigenvalue weighted by Gasteiger charge is -2.35. The van der Waals surface area contributed by atoms with Crippen LogP contribution >= 0.6 is 0 Å². The summed E-state index contributed by atoms with van der Waals surface area (Å²) in [5, 5.41) is 0. The summed E-state index contributed by atoms with van der Waals surface area (Å²) in [5.41, 5.74) is 0. The molecule has 0 N–H and O–H groups in total. The molecule has 0 aromatic heterocycles. The van der Waals surface area contributed by atoms with Crippen LogP contribution in [0.4, 0.5) is 0 Å². The van der Waals surface area contributed by atoms with Crippen molar-refractivity contribution in [1.29, 1.82) is 0 Å². The van der Waals surface area contributed by atoms with Gasteiger partial charge in [0.25, 0.3) is 0 Å². The number of piperidine rings is 1. The van der Waals surface area contributed by atoms with Crippen LogP contribution < -0.4 is 0 Å². The van der Waals surface area contributed by atoms with E-state index in [0.717, 1.165) is 12.0 Å². The minimum absolute atomic E-state index is 0.865. The average Bonchev–Trinajstić information content (AvgIpc) is 1.94. The second-order valence-corrected chi connectivity index (χ2v) is 3.67. The maximum absolute atomic E-state index is 2.50. The van der Waals surface area contributed by atoms with Crippen molar-refractivity contribution in [2.45, 2.75) is 39.2 Å². The maximum Gasteiger partial charge on any atom is 0.00921 e. The smallest absolute Gasteiger partial charge is 0.00921 e. The Kier molecular flexibility index (Phi) is 2.72. The Hall–Kier alpha value is -0.0400. The van der Waals surface area contributed by atoms with E-state index in [-0.39, 0.29) is 0 Å². The van der Waals surface area contributed by atoms with Gasteiger partial charge >= 0.3 is 0 Å². The van der Waals surface area contributed by atoms with Crippen molar-refractivity contribution in [2.24, 2.45) is 5.92 Å². The van der Waals surface area contributed by atoms with Gasteiger partial charge in [-0.2, -0.15) is 0 Å². The fourth-order valence-corrected chi connectivity index (χ4v) is 1.85. The molecule has 60 valence electrons. The van der Waals surface area contributed by atoms with Crippen molar-refractivity contribution in [3.8, 4) is 0 Å². The first kappa shape index (κ1) is 8.06.